The van der Waals surface area contributed by atoms with Crippen LogP contribution >= 0.6 is 0 Å². The van der Waals surface area contributed by atoms with E-state index < -0.39 is 18.5 Å². The molecule has 0 bridgehead atoms. The summed E-state index contributed by atoms with van der Waals surface area (Å²) in [5.74, 6) is -0.785. The molecule has 0 fully saturated rings. The molecule has 3 rings (SSSR count). The van der Waals surface area contributed by atoms with Gasteiger partial charge in [0.1, 0.15) is 5.75 Å². The number of ketones is 1. The van der Waals surface area contributed by atoms with Crippen molar-refractivity contribution in [2.45, 2.75) is 19.9 Å². The highest BCUT2D eigenvalue weighted by atomic mass is 16.6. The highest BCUT2D eigenvalue weighted by Crippen LogP contribution is 2.23. The molecule has 0 aliphatic rings. The molecule has 0 aliphatic heterocycles. The average molecular weight is 405 g/mol. The molecular formula is C24H23NO5. The lowest BCUT2D eigenvalue weighted by atomic mass is 10.00. The number of carbonyl (C=O) groups excluding carboxylic acids is 3. The van der Waals surface area contributed by atoms with Gasteiger partial charge in [-0.3, -0.25) is 9.59 Å². The topological polar surface area (TPSA) is 81.7 Å². The van der Waals surface area contributed by atoms with E-state index >= 15 is 0 Å². The number of benzene rings is 3. The predicted molar refractivity (Wildman–Crippen MR) is 113 cm³/mol. The van der Waals surface area contributed by atoms with E-state index in [9.17, 15) is 14.4 Å². The van der Waals surface area contributed by atoms with Gasteiger partial charge in [0.15, 0.2) is 19.0 Å². The second-order valence-corrected chi connectivity index (χ2v) is 6.89. The van der Waals surface area contributed by atoms with Crippen LogP contribution in [-0.4, -0.2) is 30.9 Å². The molecule has 154 valence electrons. The minimum Gasteiger partial charge on any atom is -0.482 e. The van der Waals surface area contributed by atoms with Crippen molar-refractivity contribution >= 4 is 28.4 Å². The van der Waals surface area contributed by atoms with Crippen LogP contribution in [0.25, 0.3) is 10.8 Å². The van der Waals surface area contributed by atoms with Gasteiger partial charge in [0, 0.05) is 5.56 Å². The molecule has 1 atom stereocenters. The Morgan fingerprint density at radius 1 is 0.933 bits per heavy atom. The Morgan fingerprint density at radius 2 is 1.67 bits per heavy atom. The third kappa shape index (κ3) is 5.44. The van der Waals surface area contributed by atoms with E-state index in [0.717, 1.165) is 16.3 Å². The zero-order valence-electron chi connectivity index (χ0n) is 16.9. The zero-order chi connectivity index (χ0) is 21.5. The average Bonchev–Trinajstić information content (AvgIpc) is 2.76. The minimum absolute atomic E-state index is 0.0972. The standard InChI is InChI=1S/C24H23NO5/c1-16(21-12-6-8-18-7-3-4-11-22(18)21)25-23(27)14-30-24(28)15-29-20-10-5-9-19(13-20)17(2)26/h3-13,16H,14-15H2,1-2H3,(H,25,27)/t16-/m1/s1. The van der Waals surface area contributed by atoms with Crippen LogP contribution in [0.15, 0.2) is 66.7 Å². The van der Waals surface area contributed by atoms with Gasteiger partial charge in [-0.1, -0.05) is 54.6 Å². The lowest BCUT2D eigenvalue weighted by Crippen LogP contribution is -2.32. The third-order valence-electron chi connectivity index (χ3n) is 4.63. The minimum atomic E-state index is -0.670. The Bertz CT molecular complexity index is 1070. The van der Waals surface area contributed by atoms with Gasteiger partial charge >= 0.3 is 5.97 Å². The molecule has 0 saturated heterocycles. The Balaban J connectivity index is 1.48. The lowest BCUT2D eigenvalue weighted by Gasteiger charge is -2.16. The largest absolute Gasteiger partial charge is 0.482 e. The van der Waals surface area contributed by atoms with Gasteiger partial charge in [0.05, 0.1) is 6.04 Å². The number of amides is 1. The van der Waals surface area contributed by atoms with Crippen molar-refractivity contribution < 1.29 is 23.9 Å². The van der Waals surface area contributed by atoms with E-state index in [1.807, 2.05) is 49.4 Å². The monoisotopic (exact) mass is 405 g/mol. The van der Waals surface area contributed by atoms with Gasteiger partial charge < -0.3 is 14.8 Å². The molecule has 1 amide bonds. The summed E-state index contributed by atoms with van der Waals surface area (Å²) in [6, 6.07) is 20.1. The summed E-state index contributed by atoms with van der Waals surface area (Å²) >= 11 is 0. The molecule has 0 saturated carbocycles. The van der Waals surface area contributed by atoms with Gasteiger partial charge in [-0.15, -0.1) is 0 Å². The Morgan fingerprint density at radius 3 is 2.47 bits per heavy atom. The quantitative estimate of drug-likeness (QED) is 0.455. The van der Waals surface area contributed by atoms with Gasteiger partial charge in [0.25, 0.3) is 5.91 Å². The first kappa shape index (κ1) is 21.0. The van der Waals surface area contributed by atoms with Gasteiger partial charge in [0.2, 0.25) is 0 Å². The van der Waals surface area contributed by atoms with Crippen molar-refractivity contribution in [2.24, 2.45) is 0 Å². The number of Topliss-reactive ketones (excluding diaryl/α,β-unsaturated/α-hetero) is 1. The molecule has 3 aromatic rings. The molecule has 0 aromatic heterocycles. The predicted octanol–water partition coefficient (Wildman–Crippen LogP) is 3.84. The van der Waals surface area contributed by atoms with Gasteiger partial charge in [-0.2, -0.15) is 0 Å². The van der Waals surface area contributed by atoms with Crippen LogP contribution in [0.1, 0.15) is 35.8 Å². The second-order valence-electron chi connectivity index (χ2n) is 6.89. The zero-order valence-corrected chi connectivity index (χ0v) is 16.9. The summed E-state index contributed by atoms with van der Waals surface area (Å²) in [6.07, 6.45) is 0. The van der Waals surface area contributed by atoms with E-state index in [1.54, 1.807) is 24.3 Å². The van der Waals surface area contributed by atoms with Crippen LogP contribution in [0.2, 0.25) is 0 Å². The molecule has 3 aromatic carbocycles. The maximum atomic E-state index is 12.2. The van der Waals surface area contributed by atoms with Crippen molar-refractivity contribution in [1.29, 1.82) is 0 Å². The molecule has 0 aliphatic carbocycles. The first-order valence-electron chi connectivity index (χ1n) is 9.60. The van der Waals surface area contributed by atoms with E-state index in [1.165, 1.54) is 6.92 Å². The Kier molecular flexibility index (Phi) is 6.80. The normalized spacial score (nSPS) is 11.5. The lowest BCUT2D eigenvalue weighted by molar-refractivity contribution is -0.150. The van der Waals surface area contributed by atoms with Gasteiger partial charge in [-0.25, -0.2) is 4.79 Å². The number of nitrogens with one attached hydrogen (secondary N) is 1. The van der Waals surface area contributed by atoms with E-state index in [2.05, 4.69) is 5.32 Å². The fourth-order valence-electron chi connectivity index (χ4n) is 3.12. The molecule has 6 nitrogen and oxygen atoms in total. The summed E-state index contributed by atoms with van der Waals surface area (Å²) in [6.45, 7) is 2.58. The first-order chi connectivity index (χ1) is 14.4. The van der Waals surface area contributed by atoms with Crippen LogP contribution in [0.3, 0.4) is 0 Å². The summed E-state index contributed by atoms with van der Waals surface area (Å²) < 4.78 is 10.3. The number of hydrogen-bond donors (Lipinski definition) is 1. The second kappa shape index (κ2) is 9.69. The third-order valence-corrected chi connectivity index (χ3v) is 4.63. The number of carbonyl (C=O) groups is 3. The summed E-state index contributed by atoms with van der Waals surface area (Å²) in [4.78, 5) is 35.5. The number of esters is 1. The van der Waals surface area contributed by atoms with Crippen molar-refractivity contribution in [3.8, 4) is 5.75 Å². The fraction of sp³-hybridized carbons (Fsp3) is 0.208. The van der Waals surface area contributed by atoms with E-state index in [4.69, 9.17) is 9.47 Å². The van der Waals surface area contributed by atoms with Crippen molar-refractivity contribution in [3.05, 3.63) is 77.9 Å². The Hall–Kier alpha value is -3.67. The number of fused-ring (bicyclic) bond motifs is 1. The SMILES string of the molecule is CC(=O)c1cccc(OCC(=O)OCC(=O)N[C@H](C)c2cccc3ccccc23)c1. The molecule has 0 unspecified atom stereocenters. The molecular weight excluding hydrogens is 382 g/mol. The molecule has 1 N–H and O–H groups in total. The molecule has 0 spiro atoms. The maximum absolute atomic E-state index is 12.2. The van der Waals surface area contributed by atoms with Crippen LogP contribution in [-0.2, 0) is 14.3 Å². The van der Waals surface area contributed by atoms with Crippen molar-refractivity contribution in [1.82, 2.24) is 5.32 Å². The van der Waals surface area contributed by atoms with Crippen LogP contribution in [0.5, 0.6) is 5.75 Å². The number of rotatable bonds is 8. The Labute approximate surface area is 174 Å². The molecule has 0 heterocycles. The van der Waals surface area contributed by atoms with Crippen molar-refractivity contribution in [3.63, 3.8) is 0 Å². The summed E-state index contributed by atoms with van der Waals surface area (Å²) in [7, 11) is 0. The van der Waals surface area contributed by atoms with Crippen molar-refractivity contribution in [2.75, 3.05) is 13.2 Å². The number of ether oxygens (including phenoxy) is 2. The van der Waals surface area contributed by atoms with Crippen LogP contribution in [0.4, 0.5) is 0 Å². The smallest absolute Gasteiger partial charge is 0.344 e. The summed E-state index contributed by atoms with van der Waals surface area (Å²) in [5, 5.41) is 5.00. The summed E-state index contributed by atoms with van der Waals surface area (Å²) in [5.41, 5.74) is 1.48. The first-order valence-corrected chi connectivity index (χ1v) is 9.60. The fourth-order valence-corrected chi connectivity index (χ4v) is 3.12. The molecule has 6 heteroatoms. The van der Waals surface area contributed by atoms with Crippen LogP contribution in [0, 0.1) is 0 Å². The highest BCUT2D eigenvalue weighted by molar-refractivity contribution is 5.94. The van der Waals surface area contributed by atoms with E-state index in [-0.39, 0.29) is 18.4 Å². The highest BCUT2D eigenvalue weighted by Gasteiger charge is 2.14. The maximum Gasteiger partial charge on any atom is 0.344 e. The van der Waals surface area contributed by atoms with Crippen LogP contribution < -0.4 is 10.1 Å². The molecule has 0 radical (unpaired) electrons. The molecule has 30 heavy (non-hydrogen) atoms. The van der Waals surface area contributed by atoms with Gasteiger partial charge in [-0.05, 0) is 42.3 Å². The van der Waals surface area contributed by atoms with E-state index in [0.29, 0.717) is 11.3 Å². The number of hydrogen-bond acceptors (Lipinski definition) is 5.